The summed E-state index contributed by atoms with van der Waals surface area (Å²) < 4.78 is 0. The fourth-order valence-electron chi connectivity index (χ4n) is 0.0833. The van der Waals surface area contributed by atoms with Gasteiger partial charge in [-0.25, -0.2) is 0 Å². The first kappa shape index (κ1) is 15.7. The van der Waals surface area contributed by atoms with E-state index in [2.05, 4.69) is 6.92 Å². The average molecular weight is 172 g/mol. The van der Waals surface area contributed by atoms with Crippen LogP contribution in [-0.4, -0.2) is 6.29 Å². The van der Waals surface area contributed by atoms with Gasteiger partial charge in [-0.05, 0) is 6.42 Å². The van der Waals surface area contributed by atoms with Crippen LogP contribution in [0.1, 0.15) is 14.3 Å². The van der Waals surface area contributed by atoms with E-state index in [4.69, 9.17) is 0 Å². The molecule has 0 aliphatic carbocycles. The molecule has 0 rings (SSSR count). The zero-order chi connectivity index (χ0) is 4.12. The topological polar surface area (TPSA) is 17.1 Å². The molecule has 7 heavy (non-hydrogen) atoms. The van der Waals surface area contributed by atoms with Crippen LogP contribution in [0.25, 0.3) is 0 Å². The van der Waals surface area contributed by atoms with Crippen molar-refractivity contribution in [3.05, 3.63) is 6.92 Å². The van der Waals surface area contributed by atoms with Gasteiger partial charge >= 0.3 is 18.9 Å². The summed E-state index contributed by atoms with van der Waals surface area (Å²) in [6.07, 6.45) is 2.19. The van der Waals surface area contributed by atoms with Crippen LogP contribution in [0.4, 0.5) is 0 Å². The van der Waals surface area contributed by atoms with Gasteiger partial charge in [-0.15, -0.1) is 0 Å². The monoisotopic (exact) mass is 172 g/mol. The summed E-state index contributed by atoms with van der Waals surface area (Å²) >= 11 is 0. The Labute approximate surface area is 73.4 Å². The maximum Gasteiger partial charge on any atom is 1.00 e. The molecular weight excluding hydrogens is 164 g/mol. The van der Waals surface area contributed by atoms with Crippen LogP contribution in [0.5, 0.6) is 0 Å². The third kappa shape index (κ3) is 19.4. The Hall–Kier alpha value is 1.01. The SMILES string of the molecule is [CH2-]CCC=O.[H-].[Li+].[Nb]. The molecule has 0 aliphatic rings. The van der Waals surface area contributed by atoms with Crippen molar-refractivity contribution in [2.75, 3.05) is 0 Å². The largest absolute Gasteiger partial charge is 1.00 e. The number of carbonyl (C=O) groups is 1. The van der Waals surface area contributed by atoms with Gasteiger partial charge in [-0.2, -0.15) is 6.42 Å². The third-order valence-electron chi connectivity index (χ3n) is 0.322. The van der Waals surface area contributed by atoms with Crippen LogP contribution in [0, 0.1) is 6.92 Å². The summed E-state index contributed by atoms with van der Waals surface area (Å²) in [6.45, 7) is 3.44. The fourth-order valence-corrected chi connectivity index (χ4v) is 0.0833. The Balaban J connectivity index is -0.0000000267. The van der Waals surface area contributed by atoms with E-state index in [0.717, 1.165) is 12.7 Å². The molecule has 1 nitrogen and oxygen atoms in total. The first-order valence-corrected chi connectivity index (χ1v) is 1.64. The Morgan fingerprint density at radius 3 is 2.14 bits per heavy atom. The van der Waals surface area contributed by atoms with Crippen LogP contribution >= 0.6 is 0 Å². The van der Waals surface area contributed by atoms with Crippen molar-refractivity contribution in [3.63, 3.8) is 0 Å². The molecule has 0 amide bonds. The van der Waals surface area contributed by atoms with Crippen LogP contribution < -0.4 is 18.9 Å². The zero-order valence-electron chi connectivity index (χ0n) is 5.55. The molecular formula is C4H8LiNbO-. The van der Waals surface area contributed by atoms with Crippen molar-refractivity contribution in [1.29, 1.82) is 0 Å². The number of unbranched alkanes of at least 4 members (excludes halogenated alkanes) is 1. The number of hydrogen-bond acceptors (Lipinski definition) is 1. The van der Waals surface area contributed by atoms with E-state index >= 15 is 0 Å². The second kappa shape index (κ2) is 15.7. The molecule has 0 fully saturated rings. The predicted octanol–water partition coefficient (Wildman–Crippen LogP) is -2.09. The first-order valence-electron chi connectivity index (χ1n) is 1.64. The van der Waals surface area contributed by atoms with Crippen LogP contribution in [0.2, 0.25) is 0 Å². The summed E-state index contributed by atoms with van der Waals surface area (Å²) in [5.41, 5.74) is 0. The molecule has 0 atom stereocenters. The van der Waals surface area contributed by atoms with Crippen molar-refractivity contribution in [1.82, 2.24) is 0 Å². The maximum absolute atomic E-state index is 9.36. The molecule has 0 aromatic heterocycles. The minimum Gasteiger partial charge on any atom is -1.00 e. The van der Waals surface area contributed by atoms with Gasteiger partial charge in [0.05, 0.1) is 0 Å². The molecule has 0 aliphatic heterocycles. The van der Waals surface area contributed by atoms with Crippen molar-refractivity contribution < 1.29 is 47.5 Å². The summed E-state index contributed by atoms with van der Waals surface area (Å²) in [5.74, 6) is 0. The Kier molecular flexibility index (Phi) is 35.3. The summed E-state index contributed by atoms with van der Waals surface area (Å²) in [6, 6.07) is 0. The standard InChI is InChI=1S/C4H7O.Li.Nb.H/c1-2-3-4-5;;;/h4H,1-3H2;;;/q-1;+1;;-1. The van der Waals surface area contributed by atoms with Crippen molar-refractivity contribution >= 4 is 6.29 Å². The van der Waals surface area contributed by atoms with Gasteiger partial charge in [0.2, 0.25) is 0 Å². The molecule has 0 heterocycles. The molecule has 0 saturated carbocycles. The minimum atomic E-state index is 0. The van der Waals surface area contributed by atoms with Gasteiger partial charge in [0.1, 0.15) is 6.29 Å². The van der Waals surface area contributed by atoms with Crippen molar-refractivity contribution in [2.24, 2.45) is 0 Å². The average Bonchev–Trinajstić information content (AvgIpc) is 1.41. The smallest absolute Gasteiger partial charge is 1.00 e. The van der Waals surface area contributed by atoms with Gasteiger partial charge < -0.3 is 13.1 Å². The van der Waals surface area contributed by atoms with Crippen molar-refractivity contribution in [2.45, 2.75) is 12.8 Å². The molecule has 0 unspecified atom stereocenters. The van der Waals surface area contributed by atoms with E-state index in [-0.39, 0.29) is 42.7 Å². The molecule has 0 bridgehead atoms. The third-order valence-corrected chi connectivity index (χ3v) is 0.322. The van der Waals surface area contributed by atoms with Crippen molar-refractivity contribution in [3.8, 4) is 0 Å². The molecule has 0 spiro atoms. The van der Waals surface area contributed by atoms with Gasteiger partial charge in [-0.3, -0.25) is 0 Å². The van der Waals surface area contributed by atoms with Gasteiger partial charge in [0.15, 0.2) is 0 Å². The van der Waals surface area contributed by atoms with E-state index in [9.17, 15) is 4.79 Å². The number of aldehydes is 1. The molecule has 0 aromatic rings. The van der Waals surface area contributed by atoms with E-state index in [1.807, 2.05) is 0 Å². The fraction of sp³-hybridized carbons (Fsp3) is 0.500. The first-order chi connectivity index (χ1) is 2.41. The van der Waals surface area contributed by atoms with E-state index < -0.39 is 0 Å². The molecule has 37 valence electrons. The predicted molar refractivity (Wildman–Crippen MR) is 21.8 cm³/mol. The molecule has 1 radical (unpaired) electrons. The summed E-state index contributed by atoms with van der Waals surface area (Å²) in [7, 11) is 0. The van der Waals surface area contributed by atoms with Crippen LogP contribution in [-0.2, 0) is 27.2 Å². The summed E-state index contributed by atoms with van der Waals surface area (Å²) in [4.78, 5) is 9.36. The minimum absolute atomic E-state index is 0. The normalized spacial score (nSPS) is 5.29. The van der Waals surface area contributed by atoms with Gasteiger partial charge in [-0.1, -0.05) is 0 Å². The maximum atomic E-state index is 9.36. The second-order valence-electron chi connectivity index (χ2n) is 0.809. The quantitative estimate of drug-likeness (QED) is 0.265. The Morgan fingerprint density at radius 2 is 2.14 bits per heavy atom. The summed E-state index contributed by atoms with van der Waals surface area (Å²) in [5, 5.41) is 0. The number of hydrogen-bond donors (Lipinski definition) is 0. The Morgan fingerprint density at radius 1 is 1.71 bits per heavy atom. The number of rotatable bonds is 2. The number of carbonyl (C=O) groups excluding carboxylic acids is 1. The van der Waals surface area contributed by atoms with Crippen LogP contribution in [0.15, 0.2) is 0 Å². The molecule has 0 aromatic carbocycles. The van der Waals surface area contributed by atoms with E-state index in [1.54, 1.807) is 0 Å². The van der Waals surface area contributed by atoms with Crippen LogP contribution in [0.3, 0.4) is 0 Å². The van der Waals surface area contributed by atoms with E-state index in [0.29, 0.717) is 6.42 Å². The van der Waals surface area contributed by atoms with E-state index in [1.165, 1.54) is 0 Å². The molecule has 0 saturated heterocycles. The van der Waals surface area contributed by atoms with Gasteiger partial charge in [0.25, 0.3) is 0 Å². The second-order valence-corrected chi connectivity index (χ2v) is 0.809. The molecule has 3 heteroatoms. The van der Waals surface area contributed by atoms with Gasteiger partial charge in [0, 0.05) is 22.4 Å². The Bertz CT molecular complexity index is 37.2. The zero-order valence-corrected chi connectivity index (χ0v) is 6.75. The molecule has 0 N–H and O–H groups in total.